The van der Waals surface area contributed by atoms with Gasteiger partial charge in [-0.05, 0) is 0 Å². The summed E-state index contributed by atoms with van der Waals surface area (Å²) in [5, 5.41) is 13.5. The maximum atomic E-state index is 10.6. The molecular weight excluding hydrogens is 150 g/mol. The standard InChI is InChI=1S/C5H5N3O3/c1-4(9)7-3-5(2-6-7)8(10)11/h2-3H,1H3. The fourth-order valence-electron chi connectivity index (χ4n) is 0.580. The van der Waals surface area contributed by atoms with Gasteiger partial charge >= 0.3 is 5.69 Å². The normalized spacial score (nSPS) is 9.55. The first-order valence-electron chi connectivity index (χ1n) is 2.81. The van der Waals surface area contributed by atoms with Crippen molar-refractivity contribution in [3.63, 3.8) is 0 Å². The SMILES string of the molecule is CC(=O)n1cc([N+](=O)[O-])cn1. The lowest BCUT2D eigenvalue weighted by atomic mass is 10.6. The molecule has 0 saturated carbocycles. The molecule has 0 atom stereocenters. The summed E-state index contributed by atoms with van der Waals surface area (Å²) >= 11 is 0. The molecule has 6 heteroatoms. The molecule has 0 bridgehead atoms. The van der Waals surface area contributed by atoms with Crippen LogP contribution < -0.4 is 0 Å². The zero-order chi connectivity index (χ0) is 8.43. The van der Waals surface area contributed by atoms with Crippen molar-refractivity contribution in [2.45, 2.75) is 6.92 Å². The predicted octanol–water partition coefficient (Wildman–Crippen LogP) is 0.451. The number of nitro groups is 1. The van der Waals surface area contributed by atoms with Crippen molar-refractivity contribution < 1.29 is 9.72 Å². The summed E-state index contributed by atoms with van der Waals surface area (Å²) in [4.78, 5) is 20.0. The Morgan fingerprint density at radius 1 is 1.82 bits per heavy atom. The number of rotatable bonds is 1. The minimum atomic E-state index is -0.605. The molecule has 1 aromatic rings. The van der Waals surface area contributed by atoms with Gasteiger partial charge in [-0.2, -0.15) is 5.10 Å². The molecule has 0 aliphatic rings. The Balaban J connectivity index is 2.99. The van der Waals surface area contributed by atoms with Crippen LogP contribution in [0.25, 0.3) is 0 Å². The maximum Gasteiger partial charge on any atom is 0.307 e. The molecule has 11 heavy (non-hydrogen) atoms. The monoisotopic (exact) mass is 155 g/mol. The van der Waals surface area contributed by atoms with Crippen LogP contribution >= 0.6 is 0 Å². The Labute approximate surface area is 61.6 Å². The third-order valence-corrected chi connectivity index (χ3v) is 1.10. The molecule has 0 N–H and O–H groups in total. The number of aromatic nitrogens is 2. The fourth-order valence-corrected chi connectivity index (χ4v) is 0.580. The first kappa shape index (κ1) is 7.39. The Hall–Kier alpha value is -1.72. The van der Waals surface area contributed by atoms with Crippen molar-refractivity contribution in [3.05, 3.63) is 22.5 Å². The van der Waals surface area contributed by atoms with Crippen LogP contribution in [0.2, 0.25) is 0 Å². The second-order valence-electron chi connectivity index (χ2n) is 1.92. The highest BCUT2D eigenvalue weighted by Gasteiger charge is 2.09. The van der Waals surface area contributed by atoms with Gasteiger partial charge in [-0.15, -0.1) is 0 Å². The third-order valence-electron chi connectivity index (χ3n) is 1.10. The van der Waals surface area contributed by atoms with E-state index in [1.54, 1.807) is 0 Å². The van der Waals surface area contributed by atoms with Crippen molar-refractivity contribution in [2.75, 3.05) is 0 Å². The minimum Gasteiger partial charge on any atom is -0.273 e. The largest absolute Gasteiger partial charge is 0.307 e. The summed E-state index contributed by atoms with van der Waals surface area (Å²) in [6.45, 7) is 1.27. The molecule has 0 saturated heterocycles. The third kappa shape index (κ3) is 1.40. The van der Waals surface area contributed by atoms with Gasteiger partial charge in [0.25, 0.3) is 0 Å². The predicted molar refractivity (Wildman–Crippen MR) is 35.2 cm³/mol. The highest BCUT2D eigenvalue weighted by molar-refractivity contribution is 5.75. The fraction of sp³-hybridized carbons (Fsp3) is 0.200. The van der Waals surface area contributed by atoms with Gasteiger partial charge in [0.05, 0.1) is 4.92 Å². The van der Waals surface area contributed by atoms with Crippen LogP contribution in [0.15, 0.2) is 12.4 Å². The Morgan fingerprint density at radius 2 is 2.45 bits per heavy atom. The molecule has 0 radical (unpaired) electrons. The topological polar surface area (TPSA) is 78.0 Å². The van der Waals surface area contributed by atoms with Gasteiger partial charge in [0, 0.05) is 6.92 Å². The number of nitrogens with zero attached hydrogens (tertiary/aromatic N) is 3. The van der Waals surface area contributed by atoms with Crippen LogP contribution in [0.4, 0.5) is 5.69 Å². The van der Waals surface area contributed by atoms with Crippen LogP contribution in [0.5, 0.6) is 0 Å². The van der Waals surface area contributed by atoms with Crippen LogP contribution in [-0.4, -0.2) is 20.6 Å². The summed E-state index contributed by atoms with van der Waals surface area (Å²) in [5.41, 5.74) is -0.180. The molecule has 58 valence electrons. The van der Waals surface area contributed by atoms with E-state index in [9.17, 15) is 14.9 Å². The van der Waals surface area contributed by atoms with E-state index in [1.165, 1.54) is 6.92 Å². The van der Waals surface area contributed by atoms with Gasteiger partial charge in [-0.3, -0.25) is 14.9 Å². The quantitative estimate of drug-likeness (QED) is 0.435. The van der Waals surface area contributed by atoms with Gasteiger partial charge in [-0.1, -0.05) is 0 Å². The molecule has 0 aromatic carbocycles. The number of carbonyl (C=O) groups excluding carboxylic acids is 1. The van der Waals surface area contributed by atoms with Crippen molar-refractivity contribution in [1.82, 2.24) is 9.78 Å². The molecular formula is C5H5N3O3. The Kier molecular flexibility index (Phi) is 1.67. The molecule has 1 aromatic heterocycles. The molecule has 0 amide bonds. The van der Waals surface area contributed by atoms with Gasteiger partial charge < -0.3 is 0 Å². The molecule has 1 rings (SSSR count). The van der Waals surface area contributed by atoms with Crippen LogP contribution in [0, 0.1) is 10.1 Å². The summed E-state index contributed by atoms with van der Waals surface area (Å²) in [7, 11) is 0. The van der Waals surface area contributed by atoms with E-state index in [2.05, 4.69) is 5.10 Å². The van der Waals surface area contributed by atoms with E-state index in [1.807, 2.05) is 0 Å². The first-order chi connectivity index (χ1) is 5.11. The summed E-state index contributed by atoms with van der Waals surface area (Å²) in [5.74, 6) is -0.349. The van der Waals surface area contributed by atoms with E-state index in [-0.39, 0.29) is 11.6 Å². The minimum absolute atomic E-state index is 0.180. The lowest BCUT2D eigenvalue weighted by Crippen LogP contribution is -2.04. The Bertz CT molecular complexity index is 275. The summed E-state index contributed by atoms with van der Waals surface area (Å²) < 4.78 is 0.915. The average Bonchev–Trinajstić information content (AvgIpc) is 2.33. The van der Waals surface area contributed by atoms with E-state index in [0.717, 1.165) is 17.1 Å². The lowest BCUT2D eigenvalue weighted by Gasteiger charge is -1.86. The van der Waals surface area contributed by atoms with Gasteiger partial charge in [0.2, 0.25) is 5.91 Å². The molecule has 0 spiro atoms. The van der Waals surface area contributed by atoms with Crippen LogP contribution in [0.1, 0.15) is 11.7 Å². The van der Waals surface area contributed by atoms with E-state index < -0.39 is 4.92 Å². The van der Waals surface area contributed by atoms with Gasteiger partial charge in [-0.25, -0.2) is 4.68 Å². The number of hydrogen-bond donors (Lipinski definition) is 0. The van der Waals surface area contributed by atoms with Crippen LogP contribution in [0.3, 0.4) is 0 Å². The zero-order valence-corrected chi connectivity index (χ0v) is 5.72. The molecule has 0 aliphatic carbocycles. The smallest absolute Gasteiger partial charge is 0.273 e. The molecule has 0 unspecified atom stereocenters. The average molecular weight is 155 g/mol. The highest BCUT2D eigenvalue weighted by atomic mass is 16.6. The second kappa shape index (κ2) is 2.49. The van der Waals surface area contributed by atoms with Crippen molar-refractivity contribution in [2.24, 2.45) is 0 Å². The first-order valence-corrected chi connectivity index (χ1v) is 2.81. The van der Waals surface area contributed by atoms with Crippen molar-refractivity contribution >= 4 is 11.6 Å². The second-order valence-corrected chi connectivity index (χ2v) is 1.92. The highest BCUT2D eigenvalue weighted by Crippen LogP contribution is 2.06. The summed E-state index contributed by atoms with van der Waals surface area (Å²) in [6.07, 6.45) is 2.10. The van der Waals surface area contributed by atoms with Gasteiger partial charge in [0.15, 0.2) is 0 Å². The lowest BCUT2D eigenvalue weighted by molar-refractivity contribution is -0.384. The molecule has 0 fully saturated rings. The van der Waals surface area contributed by atoms with Crippen LogP contribution in [-0.2, 0) is 0 Å². The van der Waals surface area contributed by atoms with Crippen molar-refractivity contribution in [3.8, 4) is 0 Å². The Morgan fingerprint density at radius 3 is 2.73 bits per heavy atom. The van der Waals surface area contributed by atoms with E-state index in [0.29, 0.717) is 0 Å². The molecule has 0 aliphatic heterocycles. The van der Waals surface area contributed by atoms with E-state index >= 15 is 0 Å². The van der Waals surface area contributed by atoms with Crippen molar-refractivity contribution in [1.29, 1.82) is 0 Å². The summed E-state index contributed by atoms with van der Waals surface area (Å²) in [6, 6.07) is 0. The number of carbonyl (C=O) groups is 1. The number of hydrogen-bond acceptors (Lipinski definition) is 4. The van der Waals surface area contributed by atoms with Gasteiger partial charge in [0.1, 0.15) is 12.4 Å². The molecule has 1 heterocycles. The van der Waals surface area contributed by atoms with E-state index in [4.69, 9.17) is 0 Å². The molecule has 6 nitrogen and oxygen atoms in total. The maximum absolute atomic E-state index is 10.6. The zero-order valence-electron chi connectivity index (χ0n) is 5.72.